The number of aliphatic carboxylic acids is 1. The zero-order valence-corrected chi connectivity index (χ0v) is 18.3. The second-order valence-electron chi connectivity index (χ2n) is 7.11. The molecular weight excluding hydrogens is 422 g/mol. The molecule has 0 bridgehead atoms. The van der Waals surface area contributed by atoms with E-state index in [-0.39, 0.29) is 4.87 Å². The summed E-state index contributed by atoms with van der Waals surface area (Å²) in [5.41, 5.74) is 2.78. The molecule has 0 unspecified atom stereocenters. The summed E-state index contributed by atoms with van der Waals surface area (Å²) in [4.78, 5) is 28.2. The van der Waals surface area contributed by atoms with Crippen LogP contribution in [0.3, 0.4) is 0 Å². The summed E-state index contributed by atoms with van der Waals surface area (Å²) < 4.78 is 10.7. The molecule has 1 aliphatic heterocycles. The number of H-pyrrole nitrogens is 1. The van der Waals surface area contributed by atoms with Crippen LogP contribution in [0.25, 0.3) is 0 Å². The third kappa shape index (κ3) is 3.61. The average molecular weight is 444 g/mol. The van der Waals surface area contributed by atoms with Crippen LogP contribution in [-0.2, 0) is 4.79 Å². The first kappa shape index (κ1) is 20.6. The lowest BCUT2D eigenvalue weighted by Crippen LogP contribution is -2.30. The summed E-state index contributed by atoms with van der Waals surface area (Å²) in [5, 5.41) is 10.6. The number of ether oxygens (including phenoxy) is 2. The van der Waals surface area contributed by atoms with Gasteiger partial charge in [0.1, 0.15) is 0 Å². The fourth-order valence-corrected chi connectivity index (χ4v) is 6.46. The Labute approximate surface area is 181 Å². The number of thiazole rings is 1. The Morgan fingerprint density at radius 1 is 1.03 bits per heavy atom. The van der Waals surface area contributed by atoms with E-state index in [1.807, 2.05) is 43.3 Å². The smallest absolute Gasteiger partial charge is 0.308 e. The summed E-state index contributed by atoms with van der Waals surface area (Å²) in [7, 11) is 3.11. The van der Waals surface area contributed by atoms with Crippen LogP contribution in [0.4, 0.5) is 0 Å². The van der Waals surface area contributed by atoms with Crippen molar-refractivity contribution in [2.75, 3.05) is 14.2 Å². The Morgan fingerprint density at radius 3 is 2.33 bits per heavy atom. The van der Waals surface area contributed by atoms with E-state index >= 15 is 0 Å². The van der Waals surface area contributed by atoms with Crippen LogP contribution in [0.2, 0.25) is 0 Å². The summed E-state index contributed by atoms with van der Waals surface area (Å²) >= 11 is 2.47. The van der Waals surface area contributed by atoms with Crippen LogP contribution >= 0.6 is 23.1 Å². The first-order valence-electron chi connectivity index (χ1n) is 9.34. The second-order valence-corrected chi connectivity index (χ2v) is 9.28. The lowest BCUT2D eigenvalue weighted by Gasteiger charge is -2.35. The Hall–Kier alpha value is -2.71. The Morgan fingerprint density at radius 2 is 1.70 bits per heavy atom. The number of aromatic amines is 1. The van der Waals surface area contributed by atoms with Crippen LogP contribution in [0.1, 0.15) is 32.7 Å². The van der Waals surface area contributed by atoms with E-state index in [9.17, 15) is 14.7 Å². The van der Waals surface area contributed by atoms with Crippen LogP contribution in [0.5, 0.6) is 11.5 Å². The Kier molecular flexibility index (Phi) is 5.62. The SMILES string of the molecule is COc1ccc([C@H]2Sc3[nH]c(=O)sc3[C@H](c3ccc(C)cc3)[C@H]2C(=O)O)cc1OC. The van der Waals surface area contributed by atoms with Gasteiger partial charge in [-0.05, 0) is 30.2 Å². The fraction of sp³-hybridized carbons (Fsp3) is 0.273. The summed E-state index contributed by atoms with van der Waals surface area (Å²) in [6.45, 7) is 1.99. The molecule has 30 heavy (non-hydrogen) atoms. The second kappa shape index (κ2) is 8.20. The van der Waals surface area contributed by atoms with Crippen LogP contribution in [0, 0.1) is 12.8 Å². The number of rotatable bonds is 5. The number of benzene rings is 2. The van der Waals surface area contributed by atoms with E-state index in [0.717, 1.165) is 37.9 Å². The standard InChI is InChI=1S/C22H21NO5S2/c1-11-4-6-12(7-5-11)16-17(21(24)25)18(29-20-19(16)30-22(26)23-20)13-8-9-14(27-2)15(10-13)28-3/h4-10,16-18H,1-3H3,(H,23,26)(H,24,25)/t16-,17-,18-/m1/s1. The van der Waals surface area contributed by atoms with Crippen molar-refractivity contribution in [2.24, 2.45) is 5.92 Å². The normalized spacial score (nSPS) is 20.4. The highest BCUT2D eigenvalue weighted by molar-refractivity contribution is 7.99. The zero-order chi connectivity index (χ0) is 21.4. The largest absolute Gasteiger partial charge is 0.493 e. The molecule has 6 nitrogen and oxygen atoms in total. The van der Waals surface area contributed by atoms with Crippen LogP contribution < -0.4 is 14.3 Å². The van der Waals surface area contributed by atoms with Gasteiger partial charge in [0, 0.05) is 10.8 Å². The molecule has 0 aliphatic carbocycles. The Bertz CT molecular complexity index is 1140. The van der Waals surface area contributed by atoms with Crippen molar-refractivity contribution < 1.29 is 19.4 Å². The van der Waals surface area contributed by atoms with Crippen LogP contribution in [-0.4, -0.2) is 30.3 Å². The van der Waals surface area contributed by atoms with E-state index in [0.29, 0.717) is 11.5 Å². The van der Waals surface area contributed by atoms with E-state index in [1.54, 1.807) is 20.3 Å². The number of nitrogens with one attached hydrogen (secondary N) is 1. The minimum absolute atomic E-state index is 0.179. The highest BCUT2D eigenvalue weighted by atomic mass is 32.2. The first-order valence-corrected chi connectivity index (χ1v) is 11.0. The first-order chi connectivity index (χ1) is 14.4. The van der Waals surface area contributed by atoms with Gasteiger partial charge in [-0.25, -0.2) is 0 Å². The molecule has 3 aromatic rings. The molecule has 2 N–H and O–H groups in total. The van der Waals surface area contributed by atoms with E-state index in [4.69, 9.17) is 9.47 Å². The third-order valence-electron chi connectivity index (χ3n) is 5.31. The maximum Gasteiger partial charge on any atom is 0.308 e. The fourth-order valence-electron chi connectivity index (χ4n) is 3.87. The monoisotopic (exact) mass is 443 g/mol. The van der Waals surface area contributed by atoms with Crippen molar-refractivity contribution in [1.29, 1.82) is 0 Å². The van der Waals surface area contributed by atoms with Crippen molar-refractivity contribution in [2.45, 2.75) is 23.1 Å². The number of aryl methyl sites for hydroxylation is 1. The number of fused-ring (bicyclic) bond motifs is 1. The maximum atomic E-state index is 12.5. The quantitative estimate of drug-likeness (QED) is 0.606. The molecule has 0 amide bonds. The van der Waals surface area contributed by atoms with Gasteiger partial charge >= 0.3 is 10.8 Å². The van der Waals surface area contributed by atoms with Gasteiger partial charge in [0.05, 0.1) is 30.4 Å². The van der Waals surface area contributed by atoms with Crippen molar-refractivity contribution in [1.82, 2.24) is 4.98 Å². The minimum Gasteiger partial charge on any atom is -0.493 e. The number of hydrogen-bond donors (Lipinski definition) is 2. The lowest BCUT2D eigenvalue weighted by atomic mass is 9.80. The van der Waals surface area contributed by atoms with E-state index in [2.05, 4.69) is 4.98 Å². The van der Waals surface area contributed by atoms with Gasteiger partial charge in [0.25, 0.3) is 0 Å². The number of carboxylic acid groups (broad SMARTS) is 1. The molecule has 0 radical (unpaired) electrons. The summed E-state index contributed by atoms with van der Waals surface area (Å²) in [6, 6.07) is 13.3. The molecule has 0 saturated heterocycles. The molecule has 0 saturated carbocycles. The summed E-state index contributed by atoms with van der Waals surface area (Å²) in [6.07, 6.45) is 0. The third-order valence-corrected chi connectivity index (χ3v) is 7.78. The number of hydrogen-bond acceptors (Lipinski definition) is 6. The van der Waals surface area contributed by atoms with Crippen molar-refractivity contribution in [3.8, 4) is 11.5 Å². The van der Waals surface area contributed by atoms with E-state index < -0.39 is 23.1 Å². The lowest BCUT2D eigenvalue weighted by molar-refractivity contribution is -0.142. The van der Waals surface area contributed by atoms with Gasteiger partial charge in [0.2, 0.25) is 0 Å². The Balaban J connectivity index is 1.89. The van der Waals surface area contributed by atoms with Gasteiger partial charge in [-0.1, -0.05) is 59.0 Å². The molecule has 1 aromatic heterocycles. The number of methoxy groups -OCH3 is 2. The van der Waals surface area contributed by atoms with E-state index in [1.165, 1.54) is 11.8 Å². The van der Waals surface area contributed by atoms with Crippen molar-refractivity contribution in [3.63, 3.8) is 0 Å². The minimum atomic E-state index is -0.903. The van der Waals surface area contributed by atoms with Gasteiger partial charge in [-0.15, -0.1) is 0 Å². The predicted molar refractivity (Wildman–Crippen MR) is 117 cm³/mol. The molecule has 3 atom stereocenters. The number of carbonyl (C=O) groups is 1. The average Bonchev–Trinajstić information content (AvgIpc) is 3.12. The molecular formula is C22H21NO5S2. The molecule has 1 aliphatic rings. The van der Waals surface area contributed by atoms with Gasteiger partial charge in [-0.2, -0.15) is 0 Å². The van der Waals surface area contributed by atoms with Gasteiger partial charge < -0.3 is 19.6 Å². The van der Waals surface area contributed by atoms with Crippen molar-refractivity contribution >= 4 is 29.1 Å². The summed E-state index contributed by atoms with van der Waals surface area (Å²) in [5.74, 6) is -0.972. The van der Waals surface area contributed by atoms with Gasteiger partial charge in [0.15, 0.2) is 11.5 Å². The molecule has 8 heteroatoms. The van der Waals surface area contributed by atoms with Crippen LogP contribution in [0.15, 0.2) is 52.3 Å². The highest BCUT2D eigenvalue weighted by Gasteiger charge is 2.45. The topological polar surface area (TPSA) is 88.6 Å². The predicted octanol–water partition coefficient (Wildman–Crippen LogP) is 4.44. The number of thioether (sulfide) groups is 1. The molecule has 0 spiro atoms. The molecule has 0 fully saturated rings. The molecule has 2 heterocycles. The zero-order valence-electron chi connectivity index (χ0n) is 16.7. The molecule has 2 aromatic carbocycles. The highest BCUT2D eigenvalue weighted by Crippen LogP contribution is 2.56. The molecule has 156 valence electrons. The number of aromatic nitrogens is 1. The van der Waals surface area contributed by atoms with Crippen molar-refractivity contribution in [3.05, 3.63) is 73.7 Å². The van der Waals surface area contributed by atoms with Gasteiger partial charge in [-0.3, -0.25) is 9.59 Å². The molecule has 4 rings (SSSR count). The number of carboxylic acids is 1. The maximum absolute atomic E-state index is 12.5.